The van der Waals surface area contributed by atoms with Crippen molar-refractivity contribution in [3.05, 3.63) is 70.3 Å². The van der Waals surface area contributed by atoms with Crippen molar-refractivity contribution in [3.8, 4) is 0 Å². The lowest BCUT2D eigenvalue weighted by atomic mass is 10.0. The number of nitrogens with two attached hydrogens (primary N) is 1. The third kappa shape index (κ3) is 5.90. The Morgan fingerprint density at radius 2 is 1.73 bits per heavy atom. The fraction of sp³-hybridized carbons (Fsp3) is 0.333. The zero-order chi connectivity index (χ0) is 23.4. The maximum absolute atomic E-state index is 13.0. The number of amidine groups is 1. The number of likely N-dealkylation sites (tertiary alicyclic amines) is 1. The molecular formula is C24H30ClN5O3. The number of halogens is 1. The monoisotopic (exact) mass is 471 g/mol. The molecule has 1 fully saturated rings. The summed E-state index contributed by atoms with van der Waals surface area (Å²) in [6.07, 6.45) is 2.02. The number of nitrogens with one attached hydrogen (secondary N) is 2. The van der Waals surface area contributed by atoms with Crippen LogP contribution in [0.4, 0.5) is 0 Å². The standard InChI is InChI=1S/C24H29N5O3.ClH/c1-15-13-18(9-10-19(15)23(31)29-11-4-5-12-29)22(30)27-20(24(32)28(2)3)16-7-6-8-17(14-16)21(25)26;/h6-10,13-14,20H,4-5,11-12H2,1-3H3,(H3,25,26)(H,27,30);1H. The Morgan fingerprint density at radius 3 is 2.30 bits per heavy atom. The molecule has 33 heavy (non-hydrogen) atoms. The Labute approximate surface area is 200 Å². The third-order valence-electron chi connectivity index (χ3n) is 5.61. The molecule has 4 N–H and O–H groups in total. The second-order valence-corrected chi connectivity index (χ2v) is 8.21. The van der Waals surface area contributed by atoms with E-state index >= 15 is 0 Å². The van der Waals surface area contributed by atoms with Crippen LogP contribution >= 0.6 is 12.4 Å². The van der Waals surface area contributed by atoms with Gasteiger partial charge < -0.3 is 20.9 Å². The van der Waals surface area contributed by atoms with Crippen molar-refractivity contribution in [3.63, 3.8) is 0 Å². The van der Waals surface area contributed by atoms with Gasteiger partial charge in [-0.1, -0.05) is 18.2 Å². The predicted molar refractivity (Wildman–Crippen MR) is 130 cm³/mol. The molecule has 1 aliphatic rings. The number of carbonyl (C=O) groups excluding carboxylic acids is 3. The van der Waals surface area contributed by atoms with Gasteiger partial charge in [0.15, 0.2) is 0 Å². The van der Waals surface area contributed by atoms with Crippen LogP contribution in [0, 0.1) is 12.3 Å². The Balaban J connectivity index is 0.00000385. The molecule has 176 valence electrons. The van der Waals surface area contributed by atoms with Gasteiger partial charge in [-0.25, -0.2) is 0 Å². The average molecular weight is 472 g/mol. The first-order chi connectivity index (χ1) is 15.2. The highest BCUT2D eigenvalue weighted by molar-refractivity contribution is 6.01. The van der Waals surface area contributed by atoms with E-state index in [2.05, 4.69) is 5.32 Å². The Hall–Kier alpha value is -3.39. The fourth-order valence-corrected chi connectivity index (χ4v) is 3.78. The van der Waals surface area contributed by atoms with E-state index < -0.39 is 11.9 Å². The first-order valence-electron chi connectivity index (χ1n) is 10.6. The summed E-state index contributed by atoms with van der Waals surface area (Å²) in [6.45, 7) is 3.32. The number of nitrogen functional groups attached to an aromatic ring is 1. The van der Waals surface area contributed by atoms with Crippen LogP contribution in [0.15, 0.2) is 42.5 Å². The molecule has 1 atom stereocenters. The van der Waals surface area contributed by atoms with Crippen molar-refractivity contribution in [2.75, 3.05) is 27.2 Å². The van der Waals surface area contributed by atoms with Crippen LogP contribution < -0.4 is 11.1 Å². The van der Waals surface area contributed by atoms with Gasteiger partial charge in [-0.15, -0.1) is 12.4 Å². The molecule has 3 rings (SSSR count). The molecule has 3 amide bonds. The van der Waals surface area contributed by atoms with Gasteiger partial charge in [0, 0.05) is 43.9 Å². The number of amides is 3. The molecule has 2 aromatic rings. The topological polar surface area (TPSA) is 120 Å². The van der Waals surface area contributed by atoms with Crippen LogP contribution in [0.3, 0.4) is 0 Å². The molecule has 0 radical (unpaired) electrons. The number of aryl methyl sites for hydroxylation is 1. The zero-order valence-corrected chi connectivity index (χ0v) is 19.9. The molecule has 0 bridgehead atoms. The molecule has 1 aliphatic heterocycles. The van der Waals surface area contributed by atoms with E-state index in [1.165, 1.54) is 4.90 Å². The molecule has 9 heteroatoms. The van der Waals surface area contributed by atoms with Crippen molar-refractivity contribution < 1.29 is 14.4 Å². The van der Waals surface area contributed by atoms with Gasteiger partial charge in [0.05, 0.1) is 0 Å². The summed E-state index contributed by atoms with van der Waals surface area (Å²) in [4.78, 5) is 41.8. The Morgan fingerprint density at radius 1 is 1.06 bits per heavy atom. The molecule has 8 nitrogen and oxygen atoms in total. The van der Waals surface area contributed by atoms with E-state index in [0.717, 1.165) is 25.9 Å². The van der Waals surface area contributed by atoms with Gasteiger partial charge in [0.1, 0.15) is 11.9 Å². The number of hydrogen-bond acceptors (Lipinski definition) is 4. The second kappa shape index (κ2) is 11.0. The molecule has 1 unspecified atom stereocenters. The summed E-state index contributed by atoms with van der Waals surface area (Å²) in [5.74, 6) is -0.880. The van der Waals surface area contributed by atoms with Crippen molar-refractivity contribution in [2.45, 2.75) is 25.8 Å². The molecule has 0 aromatic heterocycles. The summed E-state index contributed by atoms with van der Waals surface area (Å²) >= 11 is 0. The number of rotatable bonds is 6. The van der Waals surface area contributed by atoms with E-state index in [0.29, 0.717) is 27.8 Å². The van der Waals surface area contributed by atoms with Crippen LogP contribution in [0.1, 0.15) is 56.3 Å². The number of likely N-dealkylation sites (N-methyl/N-ethyl adjacent to an activating group) is 1. The highest BCUT2D eigenvalue weighted by atomic mass is 35.5. The van der Waals surface area contributed by atoms with Gasteiger partial charge in [0.25, 0.3) is 11.8 Å². The minimum atomic E-state index is -0.942. The summed E-state index contributed by atoms with van der Waals surface area (Å²) < 4.78 is 0. The van der Waals surface area contributed by atoms with E-state index in [1.54, 1.807) is 63.5 Å². The highest BCUT2D eigenvalue weighted by Crippen LogP contribution is 2.20. The lowest BCUT2D eigenvalue weighted by Gasteiger charge is -2.23. The summed E-state index contributed by atoms with van der Waals surface area (Å²) in [6, 6.07) is 10.7. The number of hydrogen-bond donors (Lipinski definition) is 3. The number of nitrogens with zero attached hydrogens (tertiary/aromatic N) is 2. The molecule has 0 spiro atoms. The van der Waals surface area contributed by atoms with Crippen molar-refractivity contribution in [1.29, 1.82) is 5.41 Å². The maximum Gasteiger partial charge on any atom is 0.254 e. The molecule has 0 aliphatic carbocycles. The van der Waals surface area contributed by atoms with E-state index in [-0.39, 0.29) is 30.1 Å². The van der Waals surface area contributed by atoms with Crippen LogP contribution in [-0.4, -0.2) is 60.5 Å². The van der Waals surface area contributed by atoms with Gasteiger partial charge in [0.2, 0.25) is 5.91 Å². The fourth-order valence-electron chi connectivity index (χ4n) is 3.78. The largest absolute Gasteiger partial charge is 0.384 e. The van der Waals surface area contributed by atoms with Gasteiger partial charge in [-0.05, 0) is 55.2 Å². The number of benzene rings is 2. The normalized spacial score (nSPS) is 13.6. The van der Waals surface area contributed by atoms with Gasteiger partial charge in [-0.2, -0.15) is 0 Å². The van der Waals surface area contributed by atoms with Gasteiger partial charge in [-0.3, -0.25) is 19.8 Å². The van der Waals surface area contributed by atoms with E-state index in [9.17, 15) is 14.4 Å². The highest BCUT2D eigenvalue weighted by Gasteiger charge is 2.26. The van der Waals surface area contributed by atoms with Crippen LogP contribution in [0.2, 0.25) is 0 Å². The molecular weight excluding hydrogens is 442 g/mol. The summed E-state index contributed by atoms with van der Waals surface area (Å²) in [7, 11) is 3.22. The van der Waals surface area contributed by atoms with E-state index in [4.69, 9.17) is 11.1 Å². The van der Waals surface area contributed by atoms with Crippen LogP contribution in [0.5, 0.6) is 0 Å². The zero-order valence-electron chi connectivity index (χ0n) is 19.1. The summed E-state index contributed by atoms with van der Waals surface area (Å²) in [5.41, 5.74) is 8.23. The predicted octanol–water partition coefficient (Wildman–Crippen LogP) is 2.50. The van der Waals surface area contributed by atoms with Crippen LogP contribution in [-0.2, 0) is 4.79 Å². The van der Waals surface area contributed by atoms with Crippen molar-refractivity contribution in [2.24, 2.45) is 5.73 Å². The first kappa shape index (κ1) is 25.9. The lowest BCUT2D eigenvalue weighted by molar-refractivity contribution is -0.130. The smallest absolute Gasteiger partial charge is 0.254 e. The molecule has 0 saturated carbocycles. The molecule has 1 heterocycles. The Kier molecular flexibility index (Phi) is 8.59. The van der Waals surface area contributed by atoms with Gasteiger partial charge >= 0.3 is 0 Å². The Bertz CT molecular complexity index is 1060. The first-order valence-corrected chi connectivity index (χ1v) is 10.6. The van der Waals surface area contributed by atoms with Crippen molar-refractivity contribution in [1.82, 2.24) is 15.1 Å². The van der Waals surface area contributed by atoms with E-state index in [1.807, 2.05) is 4.90 Å². The minimum absolute atomic E-state index is 0. The molecule has 1 saturated heterocycles. The SMILES string of the molecule is Cc1cc(C(=O)NC(C(=O)N(C)C)c2cccc(C(=N)N)c2)ccc1C(=O)N1CCCC1.Cl. The second-order valence-electron chi connectivity index (χ2n) is 8.21. The maximum atomic E-state index is 13.0. The average Bonchev–Trinajstić information content (AvgIpc) is 3.31. The van der Waals surface area contributed by atoms with Crippen LogP contribution in [0.25, 0.3) is 0 Å². The quantitative estimate of drug-likeness (QED) is 0.442. The van der Waals surface area contributed by atoms with Crippen molar-refractivity contribution >= 4 is 36.0 Å². The number of carbonyl (C=O) groups is 3. The lowest BCUT2D eigenvalue weighted by Crippen LogP contribution is -2.40. The summed E-state index contributed by atoms with van der Waals surface area (Å²) in [5, 5.41) is 10.4. The molecule has 2 aromatic carbocycles. The minimum Gasteiger partial charge on any atom is -0.384 e. The third-order valence-corrected chi connectivity index (χ3v) is 5.61.